The van der Waals surface area contributed by atoms with Gasteiger partial charge in [0, 0.05) is 11.0 Å². The Hall–Kier alpha value is -1.92. The van der Waals surface area contributed by atoms with Gasteiger partial charge in [-0.2, -0.15) is 0 Å². The van der Waals surface area contributed by atoms with Gasteiger partial charge in [0.15, 0.2) is 0 Å². The molecule has 0 amide bonds. The molecule has 1 heterocycles. The third kappa shape index (κ3) is 4.33. The molecule has 4 rings (SSSR count). The third-order valence-corrected chi connectivity index (χ3v) is 7.97. The van der Waals surface area contributed by atoms with Gasteiger partial charge in [0.05, 0.1) is 24.7 Å². The average Bonchev–Trinajstić information content (AvgIpc) is 2.87. The maximum Gasteiger partial charge on any atom is 0.150 e. The van der Waals surface area contributed by atoms with Gasteiger partial charge < -0.3 is 9.84 Å². The molecule has 0 aromatic heterocycles. The normalized spacial score (nSPS) is 19.7. The van der Waals surface area contributed by atoms with E-state index in [1.54, 1.807) is 12.1 Å². The zero-order valence-electron chi connectivity index (χ0n) is 16.7. The van der Waals surface area contributed by atoms with Gasteiger partial charge in [-0.1, -0.05) is 13.0 Å². The maximum absolute atomic E-state index is 14.1. The van der Waals surface area contributed by atoms with Crippen molar-refractivity contribution in [2.45, 2.75) is 45.6 Å². The number of aryl methyl sites for hydroxylation is 2. The molecule has 1 aliphatic carbocycles. The highest BCUT2D eigenvalue weighted by Gasteiger charge is 2.34. The Bertz CT molecular complexity index is 1020. The van der Waals surface area contributed by atoms with Gasteiger partial charge in [0.25, 0.3) is 0 Å². The minimum atomic E-state index is -2.89. The van der Waals surface area contributed by atoms with Crippen LogP contribution in [0.15, 0.2) is 30.3 Å². The van der Waals surface area contributed by atoms with Crippen molar-refractivity contribution in [2.24, 2.45) is 5.41 Å². The van der Waals surface area contributed by atoms with Crippen molar-refractivity contribution in [1.82, 2.24) is 0 Å². The smallest absolute Gasteiger partial charge is 0.150 e. The van der Waals surface area contributed by atoms with Crippen molar-refractivity contribution in [3.8, 4) is 16.9 Å². The van der Waals surface area contributed by atoms with Crippen LogP contribution in [0.3, 0.4) is 0 Å². The van der Waals surface area contributed by atoms with E-state index in [9.17, 15) is 17.9 Å². The Morgan fingerprint density at radius 2 is 1.76 bits per heavy atom. The number of aliphatic hydroxyl groups is 1. The topological polar surface area (TPSA) is 63.6 Å². The Labute approximate surface area is 171 Å². The van der Waals surface area contributed by atoms with Gasteiger partial charge in [-0.15, -0.1) is 0 Å². The number of aliphatic hydroxyl groups excluding tert-OH is 1. The third-order valence-electron chi connectivity index (χ3n) is 6.32. The number of rotatable bonds is 4. The molecule has 0 unspecified atom stereocenters. The van der Waals surface area contributed by atoms with Crippen molar-refractivity contribution in [1.29, 1.82) is 0 Å². The van der Waals surface area contributed by atoms with Crippen molar-refractivity contribution in [3.05, 3.63) is 52.8 Å². The van der Waals surface area contributed by atoms with Crippen LogP contribution in [0.4, 0.5) is 4.39 Å². The highest BCUT2D eigenvalue weighted by molar-refractivity contribution is 7.91. The van der Waals surface area contributed by atoms with E-state index in [-0.39, 0.29) is 29.3 Å². The molecule has 2 aromatic rings. The van der Waals surface area contributed by atoms with Gasteiger partial charge >= 0.3 is 0 Å². The molecule has 1 fully saturated rings. The van der Waals surface area contributed by atoms with E-state index in [2.05, 4.69) is 13.0 Å². The number of hydrogen-bond acceptors (Lipinski definition) is 4. The fourth-order valence-electron chi connectivity index (χ4n) is 4.27. The standard InChI is InChI=1S/C23H27FO4S/c1-23(7-9-29(26,27)10-8-23)15-28-19-5-6-20-16(11-19)3-2-4-17-13-22(24)18(14-25)12-21(17)20/h5-6,11-13,25H,2-4,7-10,14-15H2,1H3. The van der Waals surface area contributed by atoms with Gasteiger partial charge in [-0.3, -0.25) is 0 Å². The summed E-state index contributed by atoms with van der Waals surface area (Å²) < 4.78 is 43.6. The van der Waals surface area contributed by atoms with Gasteiger partial charge in [-0.05, 0) is 78.6 Å². The van der Waals surface area contributed by atoms with E-state index in [1.807, 2.05) is 12.1 Å². The van der Waals surface area contributed by atoms with Crippen LogP contribution in [0.1, 0.15) is 42.9 Å². The minimum absolute atomic E-state index is 0.127. The predicted molar refractivity (Wildman–Crippen MR) is 111 cm³/mol. The summed E-state index contributed by atoms with van der Waals surface area (Å²) in [6.07, 6.45) is 3.87. The first kappa shape index (κ1) is 20.4. The molecular formula is C23H27FO4S. The lowest BCUT2D eigenvalue weighted by atomic mass is 9.85. The summed E-state index contributed by atoms with van der Waals surface area (Å²) in [5.41, 5.74) is 4.37. The van der Waals surface area contributed by atoms with Crippen LogP contribution in [0.5, 0.6) is 5.75 Å². The SMILES string of the molecule is CC1(COc2ccc3c(c2)CCCc2cc(F)c(CO)cc2-3)CCS(=O)(=O)CC1. The molecular weight excluding hydrogens is 391 g/mol. The lowest BCUT2D eigenvalue weighted by Gasteiger charge is -2.33. The Kier molecular flexibility index (Phi) is 5.42. The molecule has 0 radical (unpaired) electrons. The lowest BCUT2D eigenvalue weighted by Crippen LogP contribution is -2.35. The summed E-state index contributed by atoms with van der Waals surface area (Å²) >= 11 is 0. The zero-order chi connectivity index (χ0) is 20.6. The van der Waals surface area contributed by atoms with Crippen molar-refractivity contribution in [3.63, 3.8) is 0 Å². The fourth-order valence-corrected chi connectivity index (χ4v) is 6.08. The molecule has 0 spiro atoms. The highest BCUT2D eigenvalue weighted by Crippen LogP contribution is 2.37. The largest absolute Gasteiger partial charge is 0.493 e. The first-order chi connectivity index (χ1) is 13.8. The van der Waals surface area contributed by atoms with Crippen LogP contribution in [-0.4, -0.2) is 31.6 Å². The molecule has 1 N–H and O–H groups in total. The zero-order valence-corrected chi connectivity index (χ0v) is 17.5. The average molecular weight is 419 g/mol. The van der Waals surface area contributed by atoms with E-state index >= 15 is 0 Å². The van der Waals surface area contributed by atoms with Gasteiger partial charge in [-0.25, -0.2) is 12.8 Å². The maximum atomic E-state index is 14.1. The lowest BCUT2D eigenvalue weighted by molar-refractivity contribution is 0.149. The first-order valence-corrected chi connectivity index (χ1v) is 12.0. The van der Waals surface area contributed by atoms with Crippen molar-refractivity contribution >= 4 is 9.84 Å². The fraction of sp³-hybridized carbons (Fsp3) is 0.478. The van der Waals surface area contributed by atoms with Crippen LogP contribution in [-0.2, 0) is 29.3 Å². The number of benzene rings is 2. The Balaban J connectivity index is 1.56. The number of hydrogen-bond donors (Lipinski definition) is 1. The Morgan fingerprint density at radius 3 is 2.45 bits per heavy atom. The number of ether oxygens (including phenoxy) is 1. The van der Waals surface area contributed by atoms with E-state index in [0.29, 0.717) is 25.0 Å². The molecule has 1 saturated heterocycles. The van der Waals surface area contributed by atoms with Gasteiger partial charge in [0.1, 0.15) is 21.4 Å². The van der Waals surface area contributed by atoms with Crippen LogP contribution in [0.2, 0.25) is 0 Å². The Morgan fingerprint density at radius 1 is 1.07 bits per heavy atom. The molecule has 0 bridgehead atoms. The first-order valence-electron chi connectivity index (χ1n) is 10.2. The summed E-state index contributed by atoms with van der Waals surface area (Å²) in [4.78, 5) is 0. The molecule has 2 aliphatic rings. The van der Waals surface area contributed by atoms with E-state index in [0.717, 1.165) is 47.3 Å². The molecule has 1 aliphatic heterocycles. The second-order valence-corrected chi connectivity index (χ2v) is 11.0. The number of sulfone groups is 1. The monoisotopic (exact) mass is 418 g/mol. The quantitative estimate of drug-likeness (QED) is 0.813. The van der Waals surface area contributed by atoms with E-state index in [1.165, 1.54) is 0 Å². The van der Waals surface area contributed by atoms with Gasteiger partial charge in [0.2, 0.25) is 0 Å². The van der Waals surface area contributed by atoms with Crippen LogP contribution in [0.25, 0.3) is 11.1 Å². The highest BCUT2D eigenvalue weighted by atomic mass is 32.2. The van der Waals surface area contributed by atoms with Crippen LogP contribution >= 0.6 is 0 Å². The molecule has 2 aromatic carbocycles. The van der Waals surface area contributed by atoms with Crippen LogP contribution in [0, 0.1) is 11.2 Å². The summed E-state index contributed by atoms with van der Waals surface area (Å²) in [6.45, 7) is 2.27. The summed E-state index contributed by atoms with van der Waals surface area (Å²) in [6, 6.07) is 9.31. The molecule has 0 saturated carbocycles. The van der Waals surface area contributed by atoms with Crippen molar-refractivity contribution < 1.29 is 22.7 Å². The number of fused-ring (bicyclic) bond motifs is 3. The minimum Gasteiger partial charge on any atom is -0.493 e. The second-order valence-electron chi connectivity index (χ2n) is 8.68. The summed E-state index contributed by atoms with van der Waals surface area (Å²) in [5, 5.41) is 9.44. The summed E-state index contributed by atoms with van der Waals surface area (Å²) in [5.74, 6) is 0.901. The number of halogens is 1. The van der Waals surface area contributed by atoms with Crippen LogP contribution < -0.4 is 4.74 Å². The van der Waals surface area contributed by atoms with E-state index in [4.69, 9.17) is 4.74 Å². The molecule has 29 heavy (non-hydrogen) atoms. The molecule has 156 valence electrons. The molecule has 4 nitrogen and oxygen atoms in total. The van der Waals surface area contributed by atoms with E-state index < -0.39 is 9.84 Å². The molecule has 6 heteroatoms. The van der Waals surface area contributed by atoms with Crippen molar-refractivity contribution in [2.75, 3.05) is 18.1 Å². The molecule has 0 atom stereocenters. The summed E-state index contributed by atoms with van der Waals surface area (Å²) in [7, 11) is -2.89. The second kappa shape index (κ2) is 7.73. The predicted octanol–water partition coefficient (Wildman–Crippen LogP) is 4.07.